The van der Waals surface area contributed by atoms with Crippen molar-refractivity contribution < 1.29 is 38.1 Å². The van der Waals surface area contributed by atoms with Crippen molar-refractivity contribution in [3.8, 4) is 33.6 Å². The summed E-state index contributed by atoms with van der Waals surface area (Å²) >= 11 is 0. The van der Waals surface area contributed by atoms with E-state index in [-0.39, 0.29) is 35.7 Å². The van der Waals surface area contributed by atoms with E-state index in [0.29, 0.717) is 89.7 Å². The Balaban J connectivity index is 0.876. The van der Waals surface area contributed by atoms with Gasteiger partial charge in [0.1, 0.15) is 35.8 Å². The number of carbonyl (C=O) groups excluding carboxylic acids is 4. The molecule has 0 radical (unpaired) electrons. The number of ether oxygens (including phenoxy) is 4. The number of aromatic amines is 2. The van der Waals surface area contributed by atoms with Crippen LogP contribution < -0.4 is 10.6 Å². The molecule has 66 heavy (non-hydrogen) atoms. The zero-order chi connectivity index (χ0) is 45.9. The number of carbonyl (C=O) groups is 4. The molecule has 0 spiro atoms. The lowest BCUT2D eigenvalue weighted by molar-refractivity contribution is -0.151. The second kappa shape index (κ2) is 19.6. The average Bonchev–Trinajstić information content (AvgIpc) is 4.19. The van der Waals surface area contributed by atoms with Crippen LogP contribution in [-0.2, 0) is 28.5 Å². The molecule has 0 bridgehead atoms. The predicted molar refractivity (Wildman–Crippen MR) is 244 cm³/mol. The molecular formula is C48H58N10O8. The first-order chi connectivity index (χ1) is 32.1. The second-order valence-corrected chi connectivity index (χ2v) is 17.6. The minimum absolute atomic E-state index is 0.0685. The number of hydrogen-bond donors (Lipinski definition) is 4. The van der Waals surface area contributed by atoms with Crippen LogP contribution in [-0.4, -0.2) is 144 Å². The Kier molecular flexibility index (Phi) is 13.3. The molecular weight excluding hydrogens is 845 g/mol. The molecule has 18 heteroatoms. The van der Waals surface area contributed by atoms with Crippen LogP contribution in [0, 0.1) is 11.8 Å². The lowest BCUT2D eigenvalue weighted by Gasteiger charge is -2.36. The first kappa shape index (κ1) is 44.8. The number of nitrogens with zero attached hydrogens (tertiary/aromatic N) is 6. The van der Waals surface area contributed by atoms with Gasteiger partial charge in [-0.1, -0.05) is 48.5 Å². The summed E-state index contributed by atoms with van der Waals surface area (Å²) in [4.78, 5) is 69.6. The molecule has 5 aromatic rings. The lowest BCUT2D eigenvalue weighted by atomic mass is 9.90. The highest BCUT2D eigenvalue weighted by Gasteiger charge is 2.44. The number of imidazole rings is 2. The molecule has 0 aliphatic carbocycles. The highest BCUT2D eigenvalue weighted by molar-refractivity contribution is 5.91. The molecule has 4 saturated heterocycles. The Morgan fingerprint density at radius 3 is 1.47 bits per heavy atom. The van der Waals surface area contributed by atoms with Gasteiger partial charge in [-0.3, -0.25) is 19.6 Å². The van der Waals surface area contributed by atoms with Crippen LogP contribution in [0.3, 0.4) is 0 Å². The van der Waals surface area contributed by atoms with Gasteiger partial charge < -0.3 is 39.5 Å². The number of benzene rings is 3. The van der Waals surface area contributed by atoms with E-state index in [1.54, 1.807) is 16.2 Å². The van der Waals surface area contributed by atoms with Gasteiger partial charge in [0.25, 0.3) is 11.8 Å². The van der Waals surface area contributed by atoms with Crippen LogP contribution in [0.15, 0.2) is 73.1 Å². The number of fused-ring (bicyclic) bond motifs is 1. The highest BCUT2D eigenvalue weighted by atomic mass is 16.5. The van der Waals surface area contributed by atoms with E-state index < -0.39 is 24.3 Å². The van der Waals surface area contributed by atoms with Crippen molar-refractivity contribution in [3.63, 3.8) is 0 Å². The fourth-order valence-corrected chi connectivity index (χ4v) is 9.96. The molecule has 4 atom stereocenters. The van der Waals surface area contributed by atoms with Crippen molar-refractivity contribution in [3.05, 3.63) is 84.7 Å². The minimum Gasteiger partial charge on any atom is -0.453 e. The number of H-pyrrole nitrogens is 2. The third-order valence-corrected chi connectivity index (χ3v) is 13.7. The Morgan fingerprint density at radius 1 is 0.591 bits per heavy atom. The molecule has 9 rings (SSSR count). The fourth-order valence-electron chi connectivity index (χ4n) is 9.96. The van der Waals surface area contributed by atoms with E-state index in [2.05, 4.69) is 81.3 Å². The molecule has 4 aliphatic rings. The number of nitrogens with one attached hydrogen (secondary N) is 4. The Morgan fingerprint density at radius 2 is 1.00 bits per heavy atom. The Bertz CT molecular complexity index is 2530. The lowest BCUT2D eigenvalue weighted by Crippen LogP contribution is -2.55. The van der Waals surface area contributed by atoms with Crippen molar-refractivity contribution in [1.29, 1.82) is 0 Å². The molecule has 4 N–H and O–H groups in total. The van der Waals surface area contributed by atoms with Gasteiger partial charge in [0, 0.05) is 59.2 Å². The smallest absolute Gasteiger partial charge is 0.407 e. The molecule has 4 amide bonds. The largest absolute Gasteiger partial charge is 0.453 e. The summed E-state index contributed by atoms with van der Waals surface area (Å²) < 4.78 is 20.9. The maximum Gasteiger partial charge on any atom is 0.407 e. The van der Waals surface area contributed by atoms with Gasteiger partial charge in [-0.15, -0.1) is 0 Å². The summed E-state index contributed by atoms with van der Waals surface area (Å²) in [6.45, 7) is 3.48. The van der Waals surface area contributed by atoms with Crippen LogP contribution in [0.1, 0.15) is 62.3 Å². The van der Waals surface area contributed by atoms with E-state index in [0.717, 1.165) is 44.4 Å². The summed E-state index contributed by atoms with van der Waals surface area (Å²) in [5.74, 6) is 0.847. The van der Waals surface area contributed by atoms with Crippen LogP contribution in [0.2, 0.25) is 0 Å². The molecule has 18 nitrogen and oxygen atoms in total. The zero-order valence-electron chi connectivity index (χ0n) is 37.8. The van der Waals surface area contributed by atoms with E-state index in [9.17, 15) is 19.2 Å². The van der Waals surface area contributed by atoms with E-state index in [1.807, 2.05) is 30.3 Å². The molecule has 348 valence electrons. The standard InChI is InChI=1S/C48H58N10O8/c1-55-19-13-39(57(55)45(59)41(53-47(61)63-3)31-15-21-65-22-16-31)43-49-27-37(51-43)30-7-5-29(6-8-30)33-9-10-35-26-36(12-11-34(35)25-33)38-28-50-44(52-38)40-14-20-56(2)58(40)46(60)42(54-48(62)64-4)32-17-23-66-24-18-32/h5-12,25-28,31-32,39-42H,13-24H2,1-4H3,(H,49,51)(H,50,52)(H,53,61)(H,54,62)/t39-,40?,41+,42+/m0/s1. The van der Waals surface area contributed by atoms with Gasteiger partial charge in [-0.2, -0.15) is 0 Å². The molecule has 1 unspecified atom stereocenters. The molecule has 0 saturated carbocycles. The minimum atomic E-state index is -0.746. The first-order valence-corrected chi connectivity index (χ1v) is 22.8. The van der Waals surface area contributed by atoms with Crippen molar-refractivity contribution in [2.45, 2.75) is 62.7 Å². The van der Waals surface area contributed by atoms with Gasteiger partial charge in [0.2, 0.25) is 0 Å². The number of rotatable bonds is 11. The molecule has 4 fully saturated rings. The number of amides is 4. The highest BCUT2D eigenvalue weighted by Crippen LogP contribution is 2.37. The van der Waals surface area contributed by atoms with Gasteiger partial charge in [-0.05, 0) is 90.0 Å². The van der Waals surface area contributed by atoms with Crippen molar-refractivity contribution in [2.75, 3.05) is 67.8 Å². The monoisotopic (exact) mass is 902 g/mol. The third-order valence-electron chi connectivity index (χ3n) is 13.7. The quantitative estimate of drug-likeness (QED) is 0.124. The van der Waals surface area contributed by atoms with Crippen molar-refractivity contribution in [2.24, 2.45) is 11.8 Å². The van der Waals surface area contributed by atoms with Crippen LogP contribution in [0.25, 0.3) is 44.4 Å². The van der Waals surface area contributed by atoms with Crippen molar-refractivity contribution >= 4 is 34.8 Å². The number of hydrazine groups is 2. The average molecular weight is 903 g/mol. The topological polar surface area (TPSA) is 200 Å². The molecule has 6 heterocycles. The maximum atomic E-state index is 14.2. The summed E-state index contributed by atoms with van der Waals surface area (Å²) in [6, 6.07) is 18.9. The molecule has 3 aromatic carbocycles. The number of hydrogen-bond acceptors (Lipinski definition) is 12. The number of aromatic nitrogens is 4. The Labute approximate surface area is 383 Å². The number of alkyl carbamates (subject to hydrolysis) is 2. The van der Waals surface area contributed by atoms with Crippen LogP contribution in [0.4, 0.5) is 9.59 Å². The van der Waals surface area contributed by atoms with Crippen molar-refractivity contribution in [1.82, 2.24) is 50.6 Å². The Hall–Kier alpha value is -6.34. The third kappa shape index (κ3) is 9.22. The zero-order valence-corrected chi connectivity index (χ0v) is 37.8. The van der Waals surface area contributed by atoms with Gasteiger partial charge in [0.15, 0.2) is 0 Å². The summed E-state index contributed by atoms with van der Waals surface area (Å²) in [6.07, 6.45) is 6.40. The van der Waals surface area contributed by atoms with Gasteiger partial charge >= 0.3 is 12.2 Å². The molecule has 2 aromatic heterocycles. The summed E-state index contributed by atoms with van der Waals surface area (Å²) in [5, 5.41) is 15.0. The maximum absolute atomic E-state index is 14.2. The molecule has 4 aliphatic heterocycles. The van der Waals surface area contributed by atoms with E-state index in [1.165, 1.54) is 14.2 Å². The first-order valence-electron chi connectivity index (χ1n) is 22.8. The van der Waals surface area contributed by atoms with Gasteiger partial charge in [0.05, 0.1) is 38.0 Å². The fraction of sp³-hybridized carbons (Fsp3) is 0.458. The predicted octanol–water partition coefficient (Wildman–Crippen LogP) is 5.83. The van der Waals surface area contributed by atoms with E-state index >= 15 is 0 Å². The number of methoxy groups -OCH3 is 2. The van der Waals surface area contributed by atoms with E-state index in [4.69, 9.17) is 28.9 Å². The normalized spacial score (nSPS) is 20.9. The van der Waals surface area contributed by atoms with Crippen LogP contribution >= 0.6 is 0 Å². The SMILES string of the molecule is COC(=O)N[C@@H](C(=O)N1C(c2ncc(-c3ccc4cc(-c5ccc(-c6cnc([C@@H]7CCN(C)N7C(=O)[C@H](NC(=O)OC)C7CCOCC7)[nH]6)cc5)ccc4c3)[nH]2)CCN1C)C1CCOCC1. The summed E-state index contributed by atoms with van der Waals surface area (Å²) in [5.41, 5.74) is 5.77. The summed E-state index contributed by atoms with van der Waals surface area (Å²) in [7, 11) is 6.37. The second-order valence-electron chi connectivity index (χ2n) is 17.6. The van der Waals surface area contributed by atoms with Gasteiger partial charge in [-0.25, -0.2) is 29.6 Å². The van der Waals surface area contributed by atoms with Crippen LogP contribution in [0.5, 0.6) is 0 Å².